The van der Waals surface area contributed by atoms with Crippen molar-refractivity contribution in [3.05, 3.63) is 59.4 Å². The fourth-order valence-corrected chi connectivity index (χ4v) is 2.75. The normalized spacial score (nSPS) is 10.3. The summed E-state index contributed by atoms with van der Waals surface area (Å²) >= 11 is 7.49. The summed E-state index contributed by atoms with van der Waals surface area (Å²) in [5.41, 5.74) is 0.476. The van der Waals surface area contributed by atoms with Gasteiger partial charge in [-0.1, -0.05) is 23.7 Å². The molecule has 122 valence electrons. The Morgan fingerprint density at radius 3 is 2.78 bits per heavy atom. The first-order chi connectivity index (χ1) is 11.1. The Bertz CT molecular complexity index is 654. The molecule has 0 heterocycles. The van der Waals surface area contributed by atoms with Gasteiger partial charge in [0.2, 0.25) is 5.91 Å². The number of amides is 1. The average Bonchev–Trinajstić information content (AvgIpc) is 2.51. The molecule has 0 bridgehead atoms. The van der Waals surface area contributed by atoms with Crippen molar-refractivity contribution in [1.82, 2.24) is 0 Å². The molecule has 1 amide bonds. The summed E-state index contributed by atoms with van der Waals surface area (Å²) in [6.45, 7) is 0.552. The number of carbonyl (C=O) groups is 1. The quantitative estimate of drug-likeness (QED) is 0.704. The van der Waals surface area contributed by atoms with Crippen molar-refractivity contribution < 1.29 is 13.9 Å². The Hall–Kier alpha value is -1.72. The number of hydrogen-bond donors (Lipinski definition) is 1. The summed E-state index contributed by atoms with van der Waals surface area (Å²) in [7, 11) is 0. The van der Waals surface area contributed by atoms with Crippen molar-refractivity contribution >= 4 is 35.0 Å². The molecule has 6 heteroatoms. The third-order valence-electron chi connectivity index (χ3n) is 2.87. The van der Waals surface area contributed by atoms with Crippen LogP contribution in [0.5, 0.6) is 5.75 Å². The topological polar surface area (TPSA) is 38.3 Å². The molecule has 0 fully saturated rings. The van der Waals surface area contributed by atoms with Crippen LogP contribution in [-0.4, -0.2) is 24.0 Å². The molecule has 2 aromatic rings. The summed E-state index contributed by atoms with van der Waals surface area (Å²) in [5.74, 6) is 1.70. The van der Waals surface area contributed by atoms with Gasteiger partial charge < -0.3 is 10.1 Å². The van der Waals surface area contributed by atoms with Gasteiger partial charge in [-0.05, 0) is 36.4 Å². The third-order valence-corrected chi connectivity index (χ3v) is 4.06. The van der Waals surface area contributed by atoms with E-state index in [2.05, 4.69) is 5.32 Å². The number of ether oxygens (including phenoxy) is 1. The van der Waals surface area contributed by atoms with E-state index in [1.54, 1.807) is 36.0 Å². The van der Waals surface area contributed by atoms with Gasteiger partial charge in [-0.25, -0.2) is 4.39 Å². The smallest absolute Gasteiger partial charge is 0.225 e. The summed E-state index contributed by atoms with van der Waals surface area (Å²) in [4.78, 5) is 11.7. The van der Waals surface area contributed by atoms with Crippen LogP contribution in [0.2, 0.25) is 5.02 Å². The molecule has 23 heavy (non-hydrogen) atoms. The third kappa shape index (κ3) is 6.93. The monoisotopic (exact) mass is 353 g/mol. The van der Waals surface area contributed by atoms with E-state index in [0.717, 1.165) is 11.5 Å². The van der Waals surface area contributed by atoms with Crippen molar-refractivity contribution in [1.29, 1.82) is 0 Å². The first-order valence-corrected chi connectivity index (χ1v) is 8.68. The van der Waals surface area contributed by atoms with Crippen LogP contribution in [0.4, 0.5) is 10.1 Å². The fraction of sp³-hybridized carbons (Fsp3) is 0.235. The zero-order valence-electron chi connectivity index (χ0n) is 12.4. The fourth-order valence-electron chi connectivity index (χ4n) is 1.83. The molecule has 2 rings (SSSR count). The molecule has 0 spiro atoms. The molecule has 0 saturated carbocycles. The summed E-state index contributed by atoms with van der Waals surface area (Å²) < 4.78 is 18.6. The molecule has 0 aliphatic heterocycles. The van der Waals surface area contributed by atoms with Crippen LogP contribution >= 0.6 is 23.4 Å². The van der Waals surface area contributed by atoms with Gasteiger partial charge in [0.15, 0.2) is 0 Å². The molecule has 1 N–H and O–H groups in total. The molecule has 0 atom stereocenters. The van der Waals surface area contributed by atoms with Gasteiger partial charge in [0.1, 0.15) is 11.6 Å². The van der Waals surface area contributed by atoms with E-state index in [-0.39, 0.29) is 11.7 Å². The molecule has 3 nitrogen and oxygen atoms in total. The minimum atomic E-state index is -0.365. The highest BCUT2D eigenvalue weighted by molar-refractivity contribution is 7.99. The van der Waals surface area contributed by atoms with E-state index < -0.39 is 0 Å². The van der Waals surface area contributed by atoms with Crippen molar-refractivity contribution in [3.8, 4) is 5.75 Å². The second-order valence-electron chi connectivity index (χ2n) is 4.73. The van der Waals surface area contributed by atoms with Crippen molar-refractivity contribution in [3.63, 3.8) is 0 Å². The van der Waals surface area contributed by atoms with Gasteiger partial charge in [-0.2, -0.15) is 11.8 Å². The number of nitrogens with one attached hydrogen (secondary N) is 1. The molecule has 0 aliphatic rings. The molecule has 0 aliphatic carbocycles. The Morgan fingerprint density at radius 2 is 2.00 bits per heavy atom. The number of halogens is 2. The maximum absolute atomic E-state index is 13.0. The van der Waals surface area contributed by atoms with Gasteiger partial charge >= 0.3 is 0 Å². The molecule has 2 aromatic carbocycles. The van der Waals surface area contributed by atoms with Crippen LogP contribution in [-0.2, 0) is 4.79 Å². The zero-order chi connectivity index (χ0) is 16.5. The van der Waals surface area contributed by atoms with E-state index in [0.29, 0.717) is 29.5 Å². The Kier molecular flexibility index (Phi) is 7.23. The van der Waals surface area contributed by atoms with E-state index in [4.69, 9.17) is 16.3 Å². The SMILES string of the molecule is O=C(CCSCCOc1cccc(Cl)c1)Nc1cccc(F)c1. The highest BCUT2D eigenvalue weighted by Crippen LogP contribution is 2.17. The predicted molar refractivity (Wildman–Crippen MR) is 93.9 cm³/mol. The zero-order valence-corrected chi connectivity index (χ0v) is 14.0. The maximum atomic E-state index is 13.0. The van der Waals surface area contributed by atoms with Gasteiger partial charge in [-0.15, -0.1) is 0 Å². The summed E-state index contributed by atoms with van der Waals surface area (Å²) in [5, 5.41) is 3.31. The second kappa shape index (κ2) is 9.43. The van der Waals surface area contributed by atoms with E-state index in [1.807, 2.05) is 12.1 Å². The van der Waals surface area contributed by atoms with Crippen molar-refractivity contribution in [2.45, 2.75) is 6.42 Å². The van der Waals surface area contributed by atoms with Crippen molar-refractivity contribution in [2.24, 2.45) is 0 Å². The van der Waals surface area contributed by atoms with E-state index in [1.165, 1.54) is 12.1 Å². The maximum Gasteiger partial charge on any atom is 0.225 e. The lowest BCUT2D eigenvalue weighted by atomic mass is 10.3. The molecule has 0 aromatic heterocycles. The molecule has 0 radical (unpaired) electrons. The molecular weight excluding hydrogens is 337 g/mol. The van der Waals surface area contributed by atoms with Crippen LogP contribution < -0.4 is 10.1 Å². The Labute approximate surface area is 144 Å². The van der Waals surface area contributed by atoms with Crippen LogP contribution in [0, 0.1) is 5.82 Å². The van der Waals surface area contributed by atoms with Crippen LogP contribution in [0.25, 0.3) is 0 Å². The number of hydrogen-bond acceptors (Lipinski definition) is 3. The highest BCUT2D eigenvalue weighted by atomic mass is 35.5. The van der Waals surface area contributed by atoms with Crippen LogP contribution in [0.15, 0.2) is 48.5 Å². The Balaban J connectivity index is 1.57. The minimum Gasteiger partial charge on any atom is -0.493 e. The number of rotatable bonds is 8. The van der Waals surface area contributed by atoms with Gasteiger partial charge in [-0.3, -0.25) is 4.79 Å². The summed E-state index contributed by atoms with van der Waals surface area (Å²) in [6, 6.07) is 13.1. The van der Waals surface area contributed by atoms with Crippen LogP contribution in [0.1, 0.15) is 6.42 Å². The molecule has 0 unspecified atom stereocenters. The standard InChI is InChI=1S/C17H17ClFNO2S/c18-13-3-1-6-16(11-13)22-8-10-23-9-7-17(21)20-15-5-2-4-14(19)12-15/h1-6,11-12H,7-10H2,(H,20,21). The molecule has 0 saturated heterocycles. The second-order valence-corrected chi connectivity index (χ2v) is 6.39. The lowest BCUT2D eigenvalue weighted by Gasteiger charge is -2.07. The average molecular weight is 354 g/mol. The first-order valence-electron chi connectivity index (χ1n) is 7.15. The number of benzene rings is 2. The summed E-state index contributed by atoms with van der Waals surface area (Å²) in [6.07, 6.45) is 0.373. The van der Waals surface area contributed by atoms with Gasteiger partial charge in [0, 0.05) is 28.6 Å². The van der Waals surface area contributed by atoms with E-state index in [9.17, 15) is 9.18 Å². The highest BCUT2D eigenvalue weighted by Gasteiger charge is 2.03. The predicted octanol–water partition coefficient (Wildman–Crippen LogP) is 4.62. The lowest BCUT2D eigenvalue weighted by molar-refractivity contribution is -0.115. The minimum absolute atomic E-state index is 0.126. The van der Waals surface area contributed by atoms with E-state index >= 15 is 0 Å². The molecular formula is C17H17ClFNO2S. The van der Waals surface area contributed by atoms with Gasteiger partial charge in [0.25, 0.3) is 0 Å². The van der Waals surface area contributed by atoms with Gasteiger partial charge in [0.05, 0.1) is 6.61 Å². The Morgan fingerprint density at radius 1 is 1.17 bits per heavy atom. The number of carbonyl (C=O) groups excluding carboxylic acids is 1. The largest absolute Gasteiger partial charge is 0.493 e. The number of anilines is 1. The number of thioether (sulfide) groups is 1. The van der Waals surface area contributed by atoms with Crippen molar-refractivity contribution in [2.75, 3.05) is 23.4 Å². The first kappa shape index (κ1) is 17.6. The van der Waals surface area contributed by atoms with Crippen LogP contribution in [0.3, 0.4) is 0 Å². The lowest BCUT2D eigenvalue weighted by Crippen LogP contribution is -2.12.